The van der Waals surface area contributed by atoms with Gasteiger partial charge in [-0.15, -0.1) is 0 Å². The molecule has 0 radical (unpaired) electrons. The maximum Gasteiger partial charge on any atom is 0.229 e. The zero-order valence-electron chi connectivity index (χ0n) is 12.2. The van der Waals surface area contributed by atoms with Gasteiger partial charge in [-0.25, -0.2) is 8.78 Å². The molecule has 0 heterocycles. The first kappa shape index (κ1) is 15.8. The van der Waals surface area contributed by atoms with Crippen molar-refractivity contribution in [1.82, 2.24) is 0 Å². The molecule has 2 rings (SSSR count). The number of para-hydroxylation sites is 1. The summed E-state index contributed by atoms with van der Waals surface area (Å²) >= 11 is 0. The predicted octanol–water partition coefficient (Wildman–Crippen LogP) is 3.16. The van der Waals surface area contributed by atoms with Crippen LogP contribution in [0.1, 0.15) is 5.56 Å². The lowest BCUT2D eigenvalue weighted by molar-refractivity contribution is -0.115. The Bertz CT molecular complexity index is 669. The lowest BCUT2D eigenvalue weighted by Crippen LogP contribution is -2.17. The minimum atomic E-state index is -0.824. The third-order valence-corrected chi connectivity index (χ3v) is 3.07. The van der Waals surface area contributed by atoms with Gasteiger partial charge in [-0.3, -0.25) is 4.79 Å². The van der Waals surface area contributed by atoms with Gasteiger partial charge in [0.2, 0.25) is 5.91 Å². The number of halogens is 2. The van der Waals surface area contributed by atoms with Crippen LogP contribution >= 0.6 is 0 Å². The molecule has 0 aromatic heterocycles. The van der Waals surface area contributed by atoms with Crippen LogP contribution in [-0.4, -0.2) is 20.1 Å². The van der Waals surface area contributed by atoms with E-state index in [1.54, 1.807) is 18.2 Å². The number of rotatable bonds is 5. The van der Waals surface area contributed by atoms with Crippen LogP contribution in [-0.2, 0) is 11.2 Å². The Balaban J connectivity index is 2.16. The number of methoxy groups -OCH3 is 2. The minimum Gasteiger partial charge on any atom is -0.497 e. The third kappa shape index (κ3) is 3.52. The fourth-order valence-corrected chi connectivity index (χ4v) is 1.97. The van der Waals surface area contributed by atoms with Crippen LogP contribution in [0.15, 0.2) is 36.4 Å². The number of carbonyl (C=O) groups excluding carboxylic acids is 1. The van der Waals surface area contributed by atoms with Gasteiger partial charge in [0, 0.05) is 11.6 Å². The second kappa shape index (κ2) is 6.89. The van der Waals surface area contributed by atoms with Crippen LogP contribution in [0.4, 0.5) is 14.5 Å². The number of carbonyl (C=O) groups is 1. The van der Waals surface area contributed by atoms with E-state index in [0.717, 1.165) is 12.1 Å². The summed E-state index contributed by atoms with van der Waals surface area (Å²) in [7, 11) is 2.98. The second-order valence-corrected chi connectivity index (χ2v) is 4.50. The van der Waals surface area contributed by atoms with E-state index in [1.807, 2.05) is 0 Å². The molecule has 4 nitrogen and oxygen atoms in total. The monoisotopic (exact) mass is 307 g/mol. The maximum absolute atomic E-state index is 13.5. The molecule has 0 aliphatic carbocycles. The molecule has 22 heavy (non-hydrogen) atoms. The van der Waals surface area contributed by atoms with Gasteiger partial charge in [-0.1, -0.05) is 12.1 Å². The standard InChI is InChI=1S/C16H15F2NO3/c1-21-11-7-6-10(14(9-11)22-2)8-15(20)19-16-12(17)4-3-5-13(16)18/h3-7,9H,8H2,1-2H3,(H,19,20). The zero-order chi connectivity index (χ0) is 16.1. The molecule has 0 bridgehead atoms. The summed E-state index contributed by atoms with van der Waals surface area (Å²) in [5, 5.41) is 2.23. The molecule has 116 valence electrons. The zero-order valence-corrected chi connectivity index (χ0v) is 12.2. The van der Waals surface area contributed by atoms with Crippen LogP contribution in [0.5, 0.6) is 11.5 Å². The van der Waals surface area contributed by atoms with E-state index in [4.69, 9.17) is 9.47 Å². The smallest absolute Gasteiger partial charge is 0.229 e. The number of nitrogens with one attached hydrogen (secondary N) is 1. The van der Waals surface area contributed by atoms with Crippen molar-refractivity contribution in [2.45, 2.75) is 6.42 Å². The largest absolute Gasteiger partial charge is 0.497 e. The van der Waals surface area contributed by atoms with Crippen LogP contribution in [0.3, 0.4) is 0 Å². The first-order chi connectivity index (χ1) is 10.5. The van der Waals surface area contributed by atoms with Gasteiger partial charge in [0.1, 0.15) is 28.8 Å². The molecule has 0 aliphatic rings. The van der Waals surface area contributed by atoms with Crippen molar-refractivity contribution in [2.24, 2.45) is 0 Å². The van der Waals surface area contributed by atoms with Crippen LogP contribution < -0.4 is 14.8 Å². The van der Waals surface area contributed by atoms with Crippen LogP contribution in [0.2, 0.25) is 0 Å². The van der Waals surface area contributed by atoms with E-state index in [1.165, 1.54) is 20.3 Å². The summed E-state index contributed by atoms with van der Waals surface area (Å²) in [5.41, 5.74) is 0.123. The summed E-state index contributed by atoms with van der Waals surface area (Å²) in [6.07, 6.45) is -0.0824. The summed E-state index contributed by atoms with van der Waals surface area (Å²) in [6.45, 7) is 0. The number of amides is 1. The van der Waals surface area contributed by atoms with Crippen LogP contribution in [0, 0.1) is 11.6 Å². The predicted molar refractivity (Wildman–Crippen MR) is 78.2 cm³/mol. The van der Waals surface area contributed by atoms with Gasteiger partial charge >= 0.3 is 0 Å². The average molecular weight is 307 g/mol. The van der Waals surface area contributed by atoms with Gasteiger partial charge in [0.25, 0.3) is 0 Å². The van der Waals surface area contributed by atoms with Crippen molar-refractivity contribution in [3.63, 3.8) is 0 Å². The fraction of sp³-hybridized carbons (Fsp3) is 0.188. The SMILES string of the molecule is COc1ccc(CC(=O)Nc2c(F)cccc2F)c(OC)c1. The quantitative estimate of drug-likeness (QED) is 0.923. The summed E-state index contributed by atoms with van der Waals surface area (Å²) < 4.78 is 37.2. The summed E-state index contributed by atoms with van der Waals surface area (Å²) in [5.74, 6) is -1.15. The number of anilines is 1. The first-order valence-electron chi connectivity index (χ1n) is 6.50. The summed E-state index contributed by atoms with van der Waals surface area (Å²) in [6, 6.07) is 8.35. The molecule has 0 spiro atoms. The Hall–Kier alpha value is -2.63. The molecule has 1 N–H and O–H groups in total. The average Bonchev–Trinajstić information content (AvgIpc) is 2.51. The van der Waals surface area contributed by atoms with E-state index < -0.39 is 23.2 Å². The normalized spacial score (nSPS) is 10.2. The van der Waals surface area contributed by atoms with Crippen LogP contribution in [0.25, 0.3) is 0 Å². The molecule has 2 aromatic carbocycles. The molecule has 0 fully saturated rings. The van der Waals surface area contributed by atoms with Gasteiger partial charge in [0.15, 0.2) is 0 Å². The first-order valence-corrected chi connectivity index (χ1v) is 6.50. The van der Waals surface area contributed by atoms with Gasteiger partial charge in [-0.05, 0) is 18.2 Å². The molecule has 0 unspecified atom stereocenters. The lowest BCUT2D eigenvalue weighted by Gasteiger charge is -2.11. The molecule has 0 saturated carbocycles. The number of benzene rings is 2. The number of hydrogen-bond donors (Lipinski definition) is 1. The van der Waals surface area contributed by atoms with Crippen molar-refractivity contribution in [3.8, 4) is 11.5 Å². The second-order valence-electron chi connectivity index (χ2n) is 4.50. The maximum atomic E-state index is 13.5. The topological polar surface area (TPSA) is 47.6 Å². The van der Waals surface area contributed by atoms with E-state index in [-0.39, 0.29) is 6.42 Å². The van der Waals surface area contributed by atoms with Crippen molar-refractivity contribution < 1.29 is 23.0 Å². The molecular weight excluding hydrogens is 292 g/mol. The molecule has 0 saturated heterocycles. The van der Waals surface area contributed by atoms with Crippen molar-refractivity contribution >= 4 is 11.6 Å². The Morgan fingerprint density at radius 3 is 2.36 bits per heavy atom. The fourth-order valence-electron chi connectivity index (χ4n) is 1.97. The molecule has 0 aliphatic heterocycles. The van der Waals surface area contributed by atoms with Crippen molar-refractivity contribution in [3.05, 3.63) is 53.6 Å². The third-order valence-electron chi connectivity index (χ3n) is 3.07. The van der Waals surface area contributed by atoms with Gasteiger partial charge < -0.3 is 14.8 Å². The Labute approximate surface area is 126 Å². The summed E-state index contributed by atoms with van der Waals surface area (Å²) in [4.78, 5) is 12.0. The highest BCUT2D eigenvalue weighted by atomic mass is 19.1. The molecule has 0 atom stereocenters. The molecule has 2 aromatic rings. The van der Waals surface area contributed by atoms with E-state index in [9.17, 15) is 13.6 Å². The van der Waals surface area contributed by atoms with Crippen molar-refractivity contribution in [2.75, 3.05) is 19.5 Å². The lowest BCUT2D eigenvalue weighted by atomic mass is 10.1. The Kier molecular flexibility index (Phi) is 4.93. The number of hydrogen-bond acceptors (Lipinski definition) is 3. The van der Waals surface area contributed by atoms with Crippen molar-refractivity contribution in [1.29, 1.82) is 0 Å². The van der Waals surface area contributed by atoms with E-state index >= 15 is 0 Å². The van der Waals surface area contributed by atoms with Gasteiger partial charge in [0.05, 0.1) is 20.6 Å². The highest BCUT2D eigenvalue weighted by Gasteiger charge is 2.14. The molecule has 6 heteroatoms. The Morgan fingerprint density at radius 2 is 1.77 bits per heavy atom. The Morgan fingerprint density at radius 1 is 1.09 bits per heavy atom. The highest BCUT2D eigenvalue weighted by molar-refractivity contribution is 5.92. The number of ether oxygens (including phenoxy) is 2. The van der Waals surface area contributed by atoms with E-state index in [0.29, 0.717) is 17.1 Å². The van der Waals surface area contributed by atoms with Gasteiger partial charge in [-0.2, -0.15) is 0 Å². The minimum absolute atomic E-state index is 0.0824. The molecular formula is C16H15F2NO3. The highest BCUT2D eigenvalue weighted by Crippen LogP contribution is 2.25. The van der Waals surface area contributed by atoms with E-state index in [2.05, 4.69) is 5.32 Å². The molecule has 1 amide bonds.